The second-order valence-corrected chi connectivity index (χ2v) is 3.98. The Morgan fingerprint density at radius 3 is 1.50 bits per heavy atom. The molecule has 2 N–H and O–H groups in total. The maximum Gasteiger partial charge on any atom is 0.170 e. The Morgan fingerprint density at radius 1 is 0.722 bits per heavy atom. The molecule has 2 aromatic rings. The number of rotatable bonds is 6. The van der Waals surface area contributed by atoms with Crippen LogP contribution in [0, 0.1) is 0 Å². The summed E-state index contributed by atoms with van der Waals surface area (Å²) in [6, 6.07) is 19.4. The fourth-order valence-electron chi connectivity index (χ4n) is 1.58. The lowest BCUT2D eigenvalue weighted by Gasteiger charge is -2.07. The van der Waals surface area contributed by atoms with Gasteiger partial charge in [-0.05, 0) is 24.3 Å². The smallest absolute Gasteiger partial charge is 0.170 e. The first-order valence-electron chi connectivity index (χ1n) is 5.94. The topological polar surface area (TPSA) is 41.1 Å². The van der Waals surface area contributed by atoms with Gasteiger partial charge < -0.3 is 10.6 Å². The zero-order valence-electron chi connectivity index (χ0n) is 10.1. The van der Waals surface area contributed by atoms with E-state index in [1.165, 1.54) is 0 Å². The predicted molar refractivity (Wildman–Crippen MR) is 74.9 cm³/mol. The molecule has 0 aliphatic heterocycles. The van der Waals surface area contributed by atoms with E-state index in [-0.39, 0.29) is 5.78 Å². The van der Waals surface area contributed by atoms with Gasteiger partial charge in [-0.1, -0.05) is 36.4 Å². The summed E-state index contributed by atoms with van der Waals surface area (Å²) in [5.41, 5.74) is 1.93. The molecule has 0 heterocycles. The van der Waals surface area contributed by atoms with Crippen molar-refractivity contribution in [1.82, 2.24) is 0 Å². The molecule has 18 heavy (non-hydrogen) atoms. The molecule has 0 radical (unpaired) electrons. The first-order valence-corrected chi connectivity index (χ1v) is 5.94. The maximum atomic E-state index is 11.7. The Labute approximate surface area is 107 Å². The van der Waals surface area contributed by atoms with Crippen LogP contribution in [-0.2, 0) is 4.79 Å². The van der Waals surface area contributed by atoms with Gasteiger partial charge in [0.25, 0.3) is 0 Å². The SMILES string of the molecule is O=C(CNc1ccccc1)CNc1ccccc1. The summed E-state index contributed by atoms with van der Waals surface area (Å²) in [5, 5.41) is 6.18. The summed E-state index contributed by atoms with van der Waals surface area (Å²) in [7, 11) is 0. The number of carbonyl (C=O) groups excluding carboxylic acids is 1. The average molecular weight is 240 g/mol. The van der Waals surface area contributed by atoms with Gasteiger partial charge in [-0.2, -0.15) is 0 Å². The van der Waals surface area contributed by atoms with Crippen LogP contribution in [0.4, 0.5) is 11.4 Å². The van der Waals surface area contributed by atoms with Crippen molar-refractivity contribution in [1.29, 1.82) is 0 Å². The fraction of sp³-hybridized carbons (Fsp3) is 0.133. The quantitative estimate of drug-likeness (QED) is 0.815. The molecule has 0 aliphatic rings. The van der Waals surface area contributed by atoms with E-state index in [1.807, 2.05) is 60.7 Å². The second-order valence-electron chi connectivity index (χ2n) is 3.98. The predicted octanol–water partition coefficient (Wildman–Crippen LogP) is 2.78. The summed E-state index contributed by atoms with van der Waals surface area (Å²) in [6.07, 6.45) is 0. The van der Waals surface area contributed by atoms with E-state index in [0.717, 1.165) is 11.4 Å². The van der Waals surface area contributed by atoms with E-state index >= 15 is 0 Å². The normalized spacial score (nSPS) is 9.78. The van der Waals surface area contributed by atoms with E-state index in [2.05, 4.69) is 10.6 Å². The van der Waals surface area contributed by atoms with Crippen LogP contribution in [0.3, 0.4) is 0 Å². The minimum absolute atomic E-state index is 0.128. The van der Waals surface area contributed by atoms with Crippen molar-refractivity contribution in [3.63, 3.8) is 0 Å². The monoisotopic (exact) mass is 240 g/mol. The summed E-state index contributed by atoms with van der Waals surface area (Å²) in [4.78, 5) is 11.7. The van der Waals surface area contributed by atoms with Crippen LogP contribution in [0.15, 0.2) is 60.7 Å². The Morgan fingerprint density at radius 2 is 1.11 bits per heavy atom. The van der Waals surface area contributed by atoms with Gasteiger partial charge in [0.05, 0.1) is 13.1 Å². The Bertz CT molecular complexity index is 437. The molecule has 3 nitrogen and oxygen atoms in total. The van der Waals surface area contributed by atoms with E-state index in [9.17, 15) is 4.79 Å². The standard InChI is InChI=1S/C15H16N2O/c18-15(11-16-13-7-3-1-4-8-13)12-17-14-9-5-2-6-10-14/h1-10,16-17H,11-12H2. The van der Waals surface area contributed by atoms with Crippen LogP contribution in [0.1, 0.15) is 0 Å². The highest BCUT2D eigenvalue weighted by Gasteiger charge is 2.01. The van der Waals surface area contributed by atoms with Gasteiger partial charge in [0.15, 0.2) is 5.78 Å². The van der Waals surface area contributed by atoms with Crippen LogP contribution in [0.5, 0.6) is 0 Å². The van der Waals surface area contributed by atoms with Gasteiger partial charge >= 0.3 is 0 Å². The molecule has 0 fully saturated rings. The van der Waals surface area contributed by atoms with Crippen LogP contribution >= 0.6 is 0 Å². The molecule has 0 aromatic heterocycles. The Balaban J connectivity index is 1.73. The zero-order valence-corrected chi connectivity index (χ0v) is 10.1. The van der Waals surface area contributed by atoms with Crippen molar-refractivity contribution in [3.8, 4) is 0 Å². The second kappa shape index (κ2) is 6.45. The van der Waals surface area contributed by atoms with Crippen LogP contribution in [0.25, 0.3) is 0 Å². The van der Waals surface area contributed by atoms with Crippen molar-refractivity contribution in [3.05, 3.63) is 60.7 Å². The van der Waals surface area contributed by atoms with Crippen molar-refractivity contribution in [2.24, 2.45) is 0 Å². The van der Waals surface area contributed by atoms with E-state index in [1.54, 1.807) is 0 Å². The molecular formula is C15H16N2O. The lowest BCUT2D eigenvalue weighted by Crippen LogP contribution is -2.22. The highest BCUT2D eigenvalue weighted by atomic mass is 16.1. The number of hydrogen-bond donors (Lipinski definition) is 2. The van der Waals surface area contributed by atoms with Gasteiger partial charge in [-0.25, -0.2) is 0 Å². The third kappa shape index (κ3) is 3.94. The summed E-state index contributed by atoms with van der Waals surface area (Å²) in [6.45, 7) is 0.674. The van der Waals surface area contributed by atoms with Crippen LogP contribution in [-0.4, -0.2) is 18.9 Å². The lowest BCUT2D eigenvalue weighted by molar-refractivity contribution is -0.115. The molecule has 0 unspecified atom stereocenters. The van der Waals surface area contributed by atoms with Gasteiger partial charge in [0, 0.05) is 11.4 Å². The summed E-state index contributed by atoms with van der Waals surface area (Å²) < 4.78 is 0. The maximum absolute atomic E-state index is 11.7. The van der Waals surface area contributed by atoms with Crippen molar-refractivity contribution >= 4 is 17.2 Å². The largest absolute Gasteiger partial charge is 0.378 e. The molecule has 3 heteroatoms. The molecule has 0 spiro atoms. The third-order valence-corrected chi connectivity index (χ3v) is 2.53. The molecule has 0 saturated carbocycles. The molecule has 0 bridgehead atoms. The molecule has 92 valence electrons. The van der Waals surface area contributed by atoms with E-state index < -0.39 is 0 Å². The van der Waals surface area contributed by atoms with Crippen LogP contribution < -0.4 is 10.6 Å². The van der Waals surface area contributed by atoms with Crippen LogP contribution in [0.2, 0.25) is 0 Å². The van der Waals surface area contributed by atoms with Gasteiger partial charge in [0.2, 0.25) is 0 Å². The molecule has 0 amide bonds. The molecule has 0 saturated heterocycles. The number of ketones is 1. The van der Waals surface area contributed by atoms with Gasteiger partial charge in [-0.3, -0.25) is 4.79 Å². The minimum Gasteiger partial charge on any atom is -0.378 e. The minimum atomic E-state index is 0.128. The van der Waals surface area contributed by atoms with Gasteiger partial charge in [0.1, 0.15) is 0 Å². The fourth-order valence-corrected chi connectivity index (χ4v) is 1.58. The molecule has 2 rings (SSSR count). The highest BCUT2D eigenvalue weighted by Crippen LogP contribution is 2.05. The van der Waals surface area contributed by atoms with Crippen molar-refractivity contribution in [2.45, 2.75) is 0 Å². The van der Waals surface area contributed by atoms with Crippen molar-refractivity contribution in [2.75, 3.05) is 23.7 Å². The third-order valence-electron chi connectivity index (χ3n) is 2.53. The average Bonchev–Trinajstić information content (AvgIpc) is 2.45. The molecule has 0 aliphatic carbocycles. The number of hydrogen-bond acceptors (Lipinski definition) is 3. The summed E-state index contributed by atoms with van der Waals surface area (Å²) in [5.74, 6) is 0.128. The first kappa shape index (κ1) is 12.2. The number of carbonyl (C=O) groups is 1. The highest BCUT2D eigenvalue weighted by molar-refractivity contribution is 5.86. The summed E-state index contributed by atoms with van der Waals surface area (Å²) >= 11 is 0. The molecular weight excluding hydrogens is 224 g/mol. The zero-order chi connectivity index (χ0) is 12.6. The first-order chi connectivity index (χ1) is 8.84. The number of Topliss-reactive ketones (excluding diaryl/α,β-unsaturated/α-hetero) is 1. The number of nitrogens with one attached hydrogen (secondary N) is 2. The number of anilines is 2. The van der Waals surface area contributed by atoms with Gasteiger partial charge in [-0.15, -0.1) is 0 Å². The lowest BCUT2D eigenvalue weighted by atomic mass is 10.3. The molecule has 2 aromatic carbocycles. The molecule has 0 atom stereocenters. The number of para-hydroxylation sites is 2. The van der Waals surface area contributed by atoms with Crippen molar-refractivity contribution < 1.29 is 4.79 Å². The Kier molecular flexibility index (Phi) is 4.36. The van der Waals surface area contributed by atoms with E-state index in [0.29, 0.717) is 13.1 Å². The van der Waals surface area contributed by atoms with E-state index in [4.69, 9.17) is 0 Å². The Hall–Kier alpha value is -2.29. The number of benzene rings is 2.